The number of carbonyl (C=O) groups excluding carboxylic acids is 2. The number of amides is 2. The molecule has 0 spiro atoms. The topological polar surface area (TPSA) is 104 Å². The lowest BCUT2D eigenvalue weighted by Crippen LogP contribution is -2.35. The number of hydrogen-bond donors (Lipinski definition) is 3. The Hall–Kier alpha value is -2.78. The first-order valence-corrected chi connectivity index (χ1v) is 9.74. The van der Waals surface area contributed by atoms with Crippen molar-refractivity contribution in [2.24, 2.45) is 0 Å². The lowest BCUT2D eigenvalue weighted by molar-refractivity contribution is -0.115. The fraction of sp³-hybridized carbons (Fsp3) is 0.222. The van der Waals surface area contributed by atoms with Gasteiger partial charge in [0.2, 0.25) is 15.9 Å². The number of sulfonamides is 1. The van der Waals surface area contributed by atoms with Gasteiger partial charge in [-0.15, -0.1) is 0 Å². The molecule has 0 saturated carbocycles. The van der Waals surface area contributed by atoms with Crippen LogP contribution in [-0.4, -0.2) is 33.3 Å². The van der Waals surface area contributed by atoms with Crippen LogP contribution in [0, 0.1) is 5.82 Å². The van der Waals surface area contributed by atoms with E-state index in [0.717, 1.165) is 12.1 Å². The summed E-state index contributed by atoms with van der Waals surface area (Å²) in [4.78, 5) is 22.9. The second-order valence-electron chi connectivity index (χ2n) is 5.56. The molecule has 0 saturated heterocycles. The smallest absolute Gasteiger partial charge is 0.251 e. The zero-order valence-corrected chi connectivity index (χ0v) is 15.5. The number of anilines is 1. The van der Waals surface area contributed by atoms with Gasteiger partial charge < -0.3 is 10.6 Å². The highest BCUT2D eigenvalue weighted by molar-refractivity contribution is 7.89. The molecule has 9 heteroatoms. The molecule has 0 bridgehead atoms. The van der Waals surface area contributed by atoms with E-state index in [4.69, 9.17) is 0 Å². The van der Waals surface area contributed by atoms with E-state index in [2.05, 4.69) is 15.4 Å². The van der Waals surface area contributed by atoms with Crippen molar-refractivity contribution < 1.29 is 22.4 Å². The minimum atomic E-state index is -3.99. The Balaban J connectivity index is 1.84. The summed E-state index contributed by atoms with van der Waals surface area (Å²) >= 11 is 0. The molecule has 0 aliphatic carbocycles. The summed E-state index contributed by atoms with van der Waals surface area (Å²) in [6.45, 7) is 1.67. The van der Waals surface area contributed by atoms with Crippen LogP contribution in [0.15, 0.2) is 53.4 Å². The number of rotatable bonds is 8. The van der Waals surface area contributed by atoms with Crippen molar-refractivity contribution in [3.05, 3.63) is 59.9 Å². The second kappa shape index (κ2) is 9.24. The number of nitrogens with one attached hydrogen (secondary N) is 3. The number of carbonyl (C=O) groups is 2. The van der Waals surface area contributed by atoms with Crippen LogP contribution in [0.3, 0.4) is 0 Å². The first kappa shape index (κ1) is 20.5. The molecule has 0 aliphatic rings. The van der Waals surface area contributed by atoms with Crippen molar-refractivity contribution in [1.29, 1.82) is 0 Å². The lowest BCUT2D eigenvalue weighted by atomic mass is 10.2. The molecular weight excluding hydrogens is 373 g/mol. The number of halogens is 1. The quantitative estimate of drug-likeness (QED) is 0.596. The summed E-state index contributed by atoms with van der Waals surface area (Å²) in [5.41, 5.74) is 0.942. The molecular formula is C18H20FN3O4S. The van der Waals surface area contributed by atoms with Gasteiger partial charge >= 0.3 is 0 Å². The highest BCUT2D eigenvalue weighted by Gasteiger charge is 2.17. The molecule has 0 atom stereocenters. The van der Waals surface area contributed by atoms with Crippen LogP contribution in [0.4, 0.5) is 10.1 Å². The van der Waals surface area contributed by atoms with E-state index in [9.17, 15) is 22.4 Å². The highest BCUT2D eigenvalue weighted by Crippen LogP contribution is 2.13. The van der Waals surface area contributed by atoms with E-state index in [0.29, 0.717) is 17.7 Å². The minimum Gasteiger partial charge on any atom is -0.351 e. The molecule has 2 amide bonds. The van der Waals surface area contributed by atoms with Crippen LogP contribution in [0.2, 0.25) is 0 Å². The first-order chi connectivity index (χ1) is 12.8. The van der Waals surface area contributed by atoms with Gasteiger partial charge in [0.05, 0.1) is 0 Å². The third-order valence-corrected chi connectivity index (χ3v) is 5.08. The molecule has 144 valence electrons. The van der Waals surface area contributed by atoms with E-state index < -0.39 is 26.6 Å². The van der Waals surface area contributed by atoms with Crippen LogP contribution in [-0.2, 0) is 14.8 Å². The van der Waals surface area contributed by atoms with Crippen LogP contribution in [0.1, 0.15) is 23.7 Å². The van der Waals surface area contributed by atoms with Crippen molar-refractivity contribution in [3.63, 3.8) is 0 Å². The van der Waals surface area contributed by atoms with Gasteiger partial charge in [-0.05, 0) is 36.4 Å². The summed E-state index contributed by atoms with van der Waals surface area (Å²) in [7, 11) is -3.99. The summed E-state index contributed by atoms with van der Waals surface area (Å²) in [5.74, 6) is -1.37. The van der Waals surface area contributed by atoms with Crippen LogP contribution in [0.25, 0.3) is 0 Å². The Morgan fingerprint density at radius 2 is 1.67 bits per heavy atom. The van der Waals surface area contributed by atoms with E-state index in [1.54, 1.807) is 31.2 Å². The zero-order chi connectivity index (χ0) is 19.9. The highest BCUT2D eigenvalue weighted by atomic mass is 32.2. The average Bonchev–Trinajstić information content (AvgIpc) is 2.65. The molecule has 3 N–H and O–H groups in total. The van der Waals surface area contributed by atoms with E-state index in [-0.39, 0.29) is 19.0 Å². The van der Waals surface area contributed by atoms with Crippen LogP contribution < -0.4 is 15.4 Å². The zero-order valence-electron chi connectivity index (χ0n) is 14.7. The maximum absolute atomic E-state index is 13.6. The Kier molecular flexibility index (Phi) is 7.03. The van der Waals surface area contributed by atoms with E-state index >= 15 is 0 Å². The summed E-state index contributed by atoms with van der Waals surface area (Å²) in [6.07, 6.45) is 0.352. The average molecular weight is 393 g/mol. The molecule has 2 aromatic rings. The van der Waals surface area contributed by atoms with Gasteiger partial charge in [-0.2, -0.15) is 0 Å². The molecule has 0 unspecified atom stereocenters. The maximum Gasteiger partial charge on any atom is 0.251 e. The summed E-state index contributed by atoms with van der Waals surface area (Å²) in [6, 6.07) is 11.3. The SMILES string of the molecule is CCC(=O)Nc1ccc(C(=O)NCCNS(=O)(=O)c2ccccc2F)cc1. The molecule has 0 radical (unpaired) electrons. The van der Waals surface area contributed by atoms with Gasteiger partial charge in [0, 0.05) is 30.8 Å². The van der Waals surface area contributed by atoms with Gasteiger partial charge in [-0.3, -0.25) is 9.59 Å². The molecule has 2 rings (SSSR count). The minimum absolute atomic E-state index is 0.0286. The molecule has 27 heavy (non-hydrogen) atoms. The van der Waals surface area contributed by atoms with Crippen molar-refractivity contribution in [2.75, 3.05) is 18.4 Å². The normalized spacial score (nSPS) is 11.0. The van der Waals surface area contributed by atoms with Crippen molar-refractivity contribution >= 4 is 27.5 Å². The van der Waals surface area contributed by atoms with E-state index in [1.165, 1.54) is 12.1 Å². The molecule has 0 heterocycles. The van der Waals surface area contributed by atoms with Gasteiger partial charge in [-0.1, -0.05) is 19.1 Å². The molecule has 0 fully saturated rings. The van der Waals surface area contributed by atoms with Crippen LogP contribution in [0.5, 0.6) is 0 Å². The van der Waals surface area contributed by atoms with Gasteiger partial charge in [0.15, 0.2) is 0 Å². The Morgan fingerprint density at radius 3 is 2.30 bits per heavy atom. The molecule has 0 aromatic heterocycles. The predicted octanol–water partition coefficient (Wildman–Crippen LogP) is 1.88. The Morgan fingerprint density at radius 1 is 1.00 bits per heavy atom. The fourth-order valence-corrected chi connectivity index (χ4v) is 3.27. The fourth-order valence-electron chi connectivity index (χ4n) is 2.16. The molecule has 2 aromatic carbocycles. The predicted molar refractivity (Wildman–Crippen MR) is 99.3 cm³/mol. The lowest BCUT2D eigenvalue weighted by Gasteiger charge is -2.09. The van der Waals surface area contributed by atoms with Crippen molar-refractivity contribution in [1.82, 2.24) is 10.0 Å². The number of hydrogen-bond acceptors (Lipinski definition) is 4. The Labute approximate surface area is 157 Å². The molecule has 7 nitrogen and oxygen atoms in total. The third-order valence-electron chi connectivity index (χ3n) is 3.58. The second-order valence-corrected chi connectivity index (χ2v) is 7.30. The monoisotopic (exact) mass is 393 g/mol. The Bertz CT molecular complexity index is 914. The number of benzene rings is 2. The third kappa shape index (κ3) is 5.87. The van der Waals surface area contributed by atoms with Crippen LogP contribution >= 0.6 is 0 Å². The van der Waals surface area contributed by atoms with Crippen molar-refractivity contribution in [3.8, 4) is 0 Å². The largest absolute Gasteiger partial charge is 0.351 e. The first-order valence-electron chi connectivity index (χ1n) is 8.26. The summed E-state index contributed by atoms with van der Waals surface area (Å²) < 4.78 is 39.8. The molecule has 0 aliphatic heterocycles. The summed E-state index contributed by atoms with van der Waals surface area (Å²) in [5, 5.41) is 5.23. The van der Waals surface area contributed by atoms with Crippen molar-refractivity contribution in [2.45, 2.75) is 18.2 Å². The van der Waals surface area contributed by atoms with Gasteiger partial charge in [0.25, 0.3) is 5.91 Å². The van der Waals surface area contributed by atoms with Gasteiger partial charge in [0.1, 0.15) is 10.7 Å². The standard InChI is InChI=1S/C18H20FN3O4S/c1-2-17(23)22-14-9-7-13(8-10-14)18(24)20-11-12-21-27(25,26)16-6-4-3-5-15(16)19/h3-10,21H,2,11-12H2,1H3,(H,20,24)(H,22,23). The van der Waals surface area contributed by atoms with E-state index in [1.807, 2.05) is 0 Å². The maximum atomic E-state index is 13.6. The van der Waals surface area contributed by atoms with Gasteiger partial charge in [-0.25, -0.2) is 17.5 Å².